The molecule has 4 nitrogen and oxygen atoms in total. The van der Waals surface area contributed by atoms with Crippen LogP contribution >= 0.6 is 0 Å². The van der Waals surface area contributed by atoms with Crippen LogP contribution < -0.4 is 4.90 Å². The zero-order valence-corrected chi connectivity index (χ0v) is 12.2. The fourth-order valence-electron chi connectivity index (χ4n) is 2.59. The van der Waals surface area contributed by atoms with Gasteiger partial charge in [0.1, 0.15) is 0 Å². The van der Waals surface area contributed by atoms with E-state index in [0.29, 0.717) is 0 Å². The second kappa shape index (κ2) is 5.85. The molecule has 110 valence electrons. The predicted octanol–water partition coefficient (Wildman–Crippen LogP) is 4.14. The van der Waals surface area contributed by atoms with Crippen molar-refractivity contribution in [3.63, 3.8) is 0 Å². The van der Waals surface area contributed by atoms with Gasteiger partial charge >= 0.3 is 0 Å². The second-order valence-electron chi connectivity index (χ2n) is 5.23. The number of nitro groups is 1. The molecule has 0 radical (unpaired) electrons. The Balaban J connectivity index is 1.82. The number of fused-ring (bicyclic) bond motifs is 1. The Bertz CT molecular complexity index is 765. The third-order valence-electron chi connectivity index (χ3n) is 3.80. The molecule has 1 atom stereocenters. The normalized spacial score (nSPS) is 16.8. The lowest BCUT2D eigenvalue weighted by Gasteiger charge is -2.30. The summed E-state index contributed by atoms with van der Waals surface area (Å²) in [6.07, 6.45) is 8.20. The number of hydrogen-bond acceptors (Lipinski definition) is 3. The van der Waals surface area contributed by atoms with Crippen molar-refractivity contribution in [3.8, 4) is 0 Å². The lowest BCUT2D eigenvalue weighted by Crippen LogP contribution is -2.30. The topological polar surface area (TPSA) is 46.4 Å². The molecule has 0 aliphatic carbocycles. The number of non-ortho nitro benzene ring substituents is 1. The molecule has 1 unspecified atom stereocenters. The molecular formula is C18H16N2O2. The lowest BCUT2D eigenvalue weighted by atomic mass is 10.0. The first-order chi connectivity index (χ1) is 10.6. The molecule has 0 aromatic heterocycles. The minimum absolute atomic E-state index is 0.111. The van der Waals surface area contributed by atoms with E-state index in [9.17, 15) is 10.1 Å². The van der Waals surface area contributed by atoms with Crippen molar-refractivity contribution in [2.45, 2.75) is 6.04 Å². The van der Waals surface area contributed by atoms with Crippen molar-refractivity contribution in [2.75, 3.05) is 11.9 Å². The summed E-state index contributed by atoms with van der Waals surface area (Å²) >= 11 is 0. The van der Waals surface area contributed by atoms with Crippen molar-refractivity contribution in [1.29, 1.82) is 0 Å². The Hall–Kier alpha value is -2.88. The van der Waals surface area contributed by atoms with Crippen LogP contribution in [-0.4, -0.2) is 18.0 Å². The molecule has 0 bridgehead atoms. The molecule has 0 saturated carbocycles. The smallest absolute Gasteiger partial charge is 0.270 e. The highest BCUT2D eigenvalue weighted by Gasteiger charge is 2.16. The maximum atomic E-state index is 10.8. The molecule has 2 aromatic carbocycles. The summed E-state index contributed by atoms with van der Waals surface area (Å²) in [5.74, 6) is 0. The second-order valence-corrected chi connectivity index (χ2v) is 5.23. The fraction of sp³-hybridized carbons (Fsp3) is 0.111. The van der Waals surface area contributed by atoms with Crippen LogP contribution in [0.2, 0.25) is 0 Å². The Labute approximate surface area is 129 Å². The average Bonchev–Trinajstić information content (AvgIpc) is 2.55. The van der Waals surface area contributed by atoms with Crippen LogP contribution in [0.25, 0.3) is 12.2 Å². The van der Waals surface area contributed by atoms with Gasteiger partial charge in [-0.05, 0) is 17.2 Å². The summed E-state index contributed by atoms with van der Waals surface area (Å²) in [7, 11) is 2.05. The van der Waals surface area contributed by atoms with Gasteiger partial charge in [-0.25, -0.2) is 0 Å². The number of hydrogen-bond donors (Lipinski definition) is 0. The molecule has 22 heavy (non-hydrogen) atoms. The summed E-state index contributed by atoms with van der Waals surface area (Å²) in [5.41, 5.74) is 3.32. The van der Waals surface area contributed by atoms with Crippen LogP contribution in [0, 0.1) is 10.1 Å². The molecule has 4 heteroatoms. The first-order valence-corrected chi connectivity index (χ1v) is 7.08. The van der Waals surface area contributed by atoms with Crippen LogP contribution in [0.1, 0.15) is 11.1 Å². The molecular weight excluding hydrogens is 276 g/mol. The maximum absolute atomic E-state index is 10.8. The third kappa shape index (κ3) is 2.76. The molecule has 0 amide bonds. The first-order valence-electron chi connectivity index (χ1n) is 7.08. The number of likely N-dealkylation sites (N-methyl/N-ethyl adjacent to an activating group) is 1. The van der Waals surface area contributed by atoms with Gasteiger partial charge in [0.15, 0.2) is 0 Å². The quantitative estimate of drug-likeness (QED) is 0.631. The summed E-state index contributed by atoms with van der Waals surface area (Å²) in [5, 5.41) is 10.8. The summed E-state index contributed by atoms with van der Waals surface area (Å²) in [6, 6.07) is 15.0. The van der Waals surface area contributed by atoms with E-state index in [1.54, 1.807) is 12.1 Å². The van der Waals surface area contributed by atoms with Gasteiger partial charge in [-0.2, -0.15) is 0 Å². The Morgan fingerprint density at radius 3 is 2.82 bits per heavy atom. The van der Waals surface area contributed by atoms with Crippen molar-refractivity contribution >= 4 is 23.5 Å². The van der Waals surface area contributed by atoms with E-state index in [2.05, 4.69) is 29.2 Å². The van der Waals surface area contributed by atoms with Crippen molar-refractivity contribution in [2.24, 2.45) is 0 Å². The maximum Gasteiger partial charge on any atom is 0.270 e. The highest BCUT2D eigenvalue weighted by Crippen LogP contribution is 2.28. The van der Waals surface area contributed by atoms with E-state index in [0.717, 1.165) is 5.56 Å². The molecule has 2 aromatic rings. The van der Waals surface area contributed by atoms with E-state index in [1.807, 2.05) is 37.4 Å². The van der Waals surface area contributed by atoms with Gasteiger partial charge in [-0.1, -0.05) is 54.6 Å². The van der Waals surface area contributed by atoms with Crippen LogP contribution in [0.3, 0.4) is 0 Å². The van der Waals surface area contributed by atoms with Crippen molar-refractivity contribution in [1.82, 2.24) is 0 Å². The Kier molecular flexibility index (Phi) is 3.74. The van der Waals surface area contributed by atoms with E-state index >= 15 is 0 Å². The zero-order chi connectivity index (χ0) is 15.5. The number of para-hydroxylation sites is 1. The standard InChI is InChI=1S/C18H16N2O2/c1-19-16(12-10-15-6-2-3-8-18(15)19)11-9-14-5-4-7-17(13-14)20(21)22/h2-13,16H,1H3/b11-9+. The van der Waals surface area contributed by atoms with E-state index in [1.165, 1.54) is 17.3 Å². The number of benzene rings is 2. The Morgan fingerprint density at radius 2 is 2.00 bits per heavy atom. The third-order valence-corrected chi connectivity index (χ3v) is 3.80. The molecule has 1 aliphatic heterocycles. The van der Waals surface area contributed by atoms with Crippen LogP contribution in [0.5, 0.6) is 0 Å². The molecule has 3 rings (SSSR count). The minimum Gasteiger partial charge on any atom is -0.364 e. The van der Waals surface area contributed by atoms with Gasteiger partial charge in [-0.3, -0.25) is 10.1 Å². The fourth-order valence-corrected chi connectivity index (χ4v) is 2.59. The van der Waals surface area contributed by atoms with Gasteiger partial charge in [-0.15, -0.1) is 0 Å². The molecule has 1 aliphatic rings. The van der Waals surface area contributed by atoms with E-state index in [-0.39, 0.29) is 16.7 Å². The molecule has 0 spiro atoms. The first kappa shape index (κ1) is 14.1. The van der Waals surface area contributed by atoms with Gasteiger partial charge in [0.25, 0.3) is 5.69 Å². The van der Waals surface area contributed by atoms with Gasteiger partial charge in [0.05, 0.1) is 11.0 Å². The number of nitrogens with zero attached hydrogens (tertiary/aromatic N) is 2. The highest BCUT2D eigenvalue weighted by atomic mass is 16.6. The number of nitro benzene ring substituents is 1. The van der Waals surface area contributed by atoms with E-state index in [4.69, 9.17) is 0 Å². The summed E-state index contributed by atoms with van der Waals surface area (Å²) in [6.45, 7) is 0. The number of rotatable bonds is 3. The number of anilines is 1. The largest absolute Gasteiger partial charge is 0.364 e. The zero-order valence-electron chi connectivity index (χ0n) is 12.2. The lowest BCUT2D eigenvalue weighted by molar-refractivity contribution is -0.384. The summed E-state index contributed by atoms with van der Waals surface area (Å²) < 4.78 is 0. The van der Waals surface area contributed by atoms with Gasteiger partial charge < -0.3 is 4.90 Å². The highest BCUT2D eigenvalue weighted by molar-refractivity contribution is 5.73. The van der Waals surface area contributed by atoms with Gasteiger partial charge in [0.2, 0.25) is 0 Å². The molecule has 1 heterocycles. The predicted molar refractivity (Wildman–Crippen MR) is 89.8 cm³/mol. The average molecular weight is 292 g/mol. The molecule has 0 fully saturated rings. The van der Waals surface area contributed by atoms with E-state index < -0.39 is 0 Å². The minimum atomic E-state index is -0.375. The van der Waals surface area contributed by atoms with Crippen LogP contribution in [0.15, 0.2) is 60.7 Å². The Morgan fingerprint density at radius 1 is 1.18 bits per heavy atom. The van der Waals surface area contributed by atoms with Crippen molar-refractivity contribution in [3.05, 3.63) is 81.9 Å². The van der Waals surface area contributed by atoms with Gasteiger partial charge in [0, 0.05) is 24.9 Å². The van der Waals surface area contributed by atoms with Crippen molar-refractivity contribution < 1.29 is 4.92 Å². The monoisotopic (exact) mass is 292 g/mol. The molecule has 0 N–H and O–H groups in total. The van der Waals surface area contributed by atoms with Crippen LogP contribution in [-0.2, 0) is 0 Å². The van der Waals surface area contributed by atoms with Crippen LogP contribution in [0.4, 0.5) is 11.4 Å². The summed E-state index contributed by atoms with van der Waals surface area (Å²) in [4.78, 5) is 12.6. The molecule has 0 saturated heterocycles. The SMILES string of the molecule is CN1c2ccccc2C=CC1/C=C/c1cccc([N+](=O)[O-])c1.